The van der Waals surface area contributed by atoms with Gasteiger partial charge in [0.1, 0.15) is 0 Å². The highest BCUT2D eigenvalue weighted by molar-refractivity contribution is 7.08. The summed E-state index contributed by atoms with van der Waals surface area (Å²) in [4.78, 5) is 29.9. The molecule has 8 nitrogen and oxygen atoms in total. The molecule has 160 valence electrons. The molecule has 0 radical (unpaired) electrons. The molecular formula is C21H28N6O2S. The number of amides is 2. The van der Waals surface area contributed by atoms with E-state index in [1.807, 2.05) is 26.3 Å². The van der Waals surface area contributed by atoms with Crippen molar-refractivity contribution in [2.24, 2.45) is 5.92 Å². The number of fused-ring (bicyclic) bond motifs is 3. The van der Waals surface area contributed by atoms with Crippen LogP contribution in [0.25, 0.3) is 0 Å². The summed E-state index contributed by atoms with van der Waals surface area (Å²) in [6, 6.07) is 1.86. The van der Waals surface area contributed by atoms with Gasteiger partial charge in [0, 0.05) is 44.6 Å². The van der Waals surface area contributed by atoms with Crippen LogP contribution < -0.4 is 5.32 Å². The Bertz CT molecular complexity index is 905. The summed E-state index contributed by atoms with van der Waals surface area (Å²) >= 11 is 1.54. The Hall–Kier alpha value is -2.26. The second kappa shape index (κ2) is 8.47. The number of hydrogen-bond acceptors (Lipinski definition) is 6. The van der Waals surface area contributed by atoms with Gasteiger partial charge < -0.3 is 14.8 Å². The van der Waals surface area contributed by atoms with Crippen molar-refractivity contribution in [3.8, 4) is 0 Å². The molecule has 2 fully saturated rings. The lowest BCUT2D eigenvalue weighted by Crippen LogP contribution is -2.53. The van der Waals surface area contributed by atoms with E-state index in [9.17, 15) is 9.59 Å². The molecule has 4 heterocycles. The Morgan fingerprint density at radius 1 is 1.10 bits per heavy atom. The number of carbonyl (C=O) groups is 2. The van der Waals surface area contributed by atoms with Crippen molar-refractivity contribution in [2.75, 3.05) is 32.7 Å². The summed E-state index contributed by atoms with van der Waals surface area (Å²) in [5.41, 5.74) is 0.744. The molecule has 2 aromatic heterocycles. The van der Waals surface area contributed by atoms with Gasteiger partial charge in [0.15, 0.2) is 5.82 Å². The topological polar surface area (TPSA) is 83.4 Å². The summed E-state index contributed by atoms with van der Waals surface area (Å²) < 4.78 is 1.95. The van der Waals surface area contributed by atoms with Gasteiger partial charge in [0.2, 0.25) is 5.82 Å². The largest absolute Gasteiger partial charge is 0.349 e. The first-order valence-corrected chi connectivity index (χ1v) is 11.9. The Morgan fingerprint density at radius 3 is 2.73 bits per heavy atom. The van der Waals surface area contributed by atoms with E-state index >= 15 is 0 Å². The Kier molecular flexibility index (Phi) is 5.56. The van der Waals surface area contributed by atoms with Crippen molar-refractivity contribution in [2.45, 2.75) is 44.7 Å². The molecular weight excluding hydrogens is 400 g/mol. The molecule has 2 aromatic rings. The minimum Gasteiger partial charge on any atom is -0.349 e. The number of piperazine rings is 1. The Balaban J connectivity index is 1.28. The maximum Gasteiger partial charge on any atom is 0.289 e. The molecule has 1 saturated heterocycles. The van der Waals surface area contributed by atoms with E-state index in [2.05, 4.69) is 20.4 Å². The van der Waals surface area contributed by atoms with Crippen LogP contribution in [0.15, 0.2) is 16.8 Å². The van der Waals surface area contributed by atoms with Crippen molar-refractivity contribution in [3.05, 3.63) is 34.0 Å². The molecule has 1 saturated carbocycles. The third-order valence-electron chi connectivity index (χ3n) is 6.71. The van der Waals surface area contributed by atoms with Crippen LogP contribution in [0.4, 0.5) is 0 Å². The highest BCUT2D eigenvalue weighted by Crippen LogP contribution is 2.29. The van der Waals surface area contributed by atoms with E-state index in [0.717, 1.165) is 31.0 Å². The van der Waals surface area contributed by atoms with Crippen LogP contribution >= 0.6 is 11.3 Å². The standard InChI is InChI=1S/C21H28N6O2S/c28-20(22-12-15-4-2-1-3-5-15)19-24-23-18-17-13-26(21(29)16-6-11-30-14-16)8-7-25(17)9-10-27(18)19/h6,11,14-15,17H,1-5,7-10,12-13H2,(H,22,28)/t17-/m0/s1. The zero-order valence-corrected chi connectivity index (χ0v) is 17.9. The fourth-order valence-electron chi connectivity index (χ4n) is 4.97. The average molecular weight is 429 g/mol. The van der Waals surface area contributed by atoms with Gasteiger partial charge in [0.25, 0.3) is 11.8 Å². The van der Waals surface area contributed by atoms with E-state index in [0.29, 0.717) is 31.4 Å². The first-order valence-electron chi connectivity index (χ1n) is 11.0. The van der Waals surface area contributed by atoms with Gasteiger partial charge >= 0.3 is 0 Å². The lowest BCUT2D eigenvalue weighted by Gasteiger charge is -2.43. The van der Waals surface area contributed by atoms with Crippen molar-refractivity contribution in [1.82, 2.24) is 29.9 Å². The minimum atomic E-state index is -0.130. The van der Waals surface area contributed by atoms with Gasteiger partial charge in [-0.15, -0.1) is 10.2 Å². The summed E-state index contributed by atoms with van der Waals surface area (Å²) in [6.07, 6.45) is 6.23. The van der Waals surface area contributed by atoms with Crippen LogP contribution in [-0.4, -0.2) is 69.1 Å². The molecule has 0 bridgehead atoms. The number of thiophene rings is 1. The third-order valence-corrected chi connectivity index (χ3v) is 7.40. The molecule has 30 heavy (non-hydrogen) atoms. The van der Waals surface area contributed by atoms with Crippen LogP contribution in [-0.2, 0) is 6.54 Å². The van der Waals surface area contributed by atoms with Gasteiger partial charge in [-0.2, -0.15) is 11.3 Å². The molecule has 0 aromatic carbocycles. The van der Waals surface area contributed by atoms with E-state index in [4.69, 9.17) is 0 Å². The lowest BCUT2D eigenvalue weighted by molar-refractivity contribution is 0.0373. The minimum absolute atomic E-state index is 0.0116. The van der Waals surface area contributed by atoms with Crippen LogP contribution in [0.2, 0.25) is 0 Å². The smallest absolute Gasteiger partial charge is 0.289 e. The van der Waals surface area contributed by atoms with Crippen molar-refractivity contribution < 1.29 is 9.59 Å². The van der Waals surface area contributed by atoms with Crippen LogP contribution in [0.5, 0.6) is 0 Å². The molecule has 1 atom stereocenters. The fraction of sp³-hybridized carbons (Fsp3) is 0.619. The zero-order valence-electron chi connectivity index (χ0n) is 17.1. The second-order valence-corrected chi connectivity index (χ2v) is 9.34. The number of aromatic nitrogens is 3. The average Bonchev–Trinajstić information content (AvgIpc) is 3.47. The van der Waals surface area contributed by atoms with Gasteiger partial charge in [-0.3, -0.25) is 14.5 Å². The van der Waals surface area contributed by atoms with E-state index in [1.165, 1.54) is 43.4 Å². The first kappa shape index (κ1) is 19.7. The maximum atomic E-state index is 12.8. The van der Waals surface area contributed by atoms with Gasteiger partial charge in [-0.05, 0) is 30.2 Å². The second-order valence-electron chi connectivity index (χ2n) is 8.56. The molecule has 9 heteroatoms. The fourth-order valence-corrected chi connectivity index (χ4v) is 5.60. The zero-order chi connectivity index (χ0) is 20.5. The molecule has 5 rings (SSSR count). The van der Waals surface area contributed by atoms with Gasteiger partial charge in [-0.1, -0.05) is 19.3 Å². The molecule has 2 amide bonds. The van der Waals surface area contributed by atoms with Gasteiger partial charge in [0.05, 0.1) is 11.6 Å². The Morgan fingerprint density at radius 2 is 1.93 bits per heavy atom. The maximum absolute atomic E-state index is 12.8. The summed E-state index contributed by atoms with van der Waals surface area (Å²) in [7, 11) is 0. The predicted octanol–water partition coefficient (Wildman–Crippen LogP) is 2.16. The number of nitrogens with zero attached hydrogens (tertiary/aromatic N) is 5. The number of carbonyl (C=O) groups excluding carboxylic acids is 2. The quantitative estimate of drug-likeness (QED) is 0.807. The summed E-state index contributed by atoms with van der Waals surface area (Å²) in [5, 5.41) is 15.5. The molecule has 3 aliphatic rings. The normalized spacial score (nSPS) is 22.4. The molecule has 2 aliphatic heterocycles. The molecule has 0 unspecified atom stereocenters. The highest BCUT2D eigenvalue weighted by atomic mass is 32.1. The highest BCUT2D eigenvalue weighted by Gasteiger charge is 2.38. The number of hydrogen-bond donors (Lipinski definition) is 1. The van der Waals surface area contributed by atoms with Crippen LogP contribution in [0.1, 0.15) is 64.9 Å². The van der Waals surface area contributed by atoms with Crippen molar-refractivity contribution in [1.29, 1.82) is 0 Å². The van der Waals surface area contributed by atoms with E-state index in [1.54, 1.807) is 0 Å². The SMILES string of the molecule is O=C(NCC1CCCCC1)c1nnc2n1CCN1CCN(C(=O)c3ccsc3)C[C@@H]21. The van der Waals surface area contributed by atoms with Crippen molar-refractivity contribution >= 4 is 23.2 Å². The molecule has 0 spiro atoms. The predicted molar refractivity (Wildman–Crippen MR) is 113 cm³/mol. The van der Waals surface area contributed by atoms with E-state index < -0.39 is 0 Å². The van der Waals surface area contributed by atoms with Crippen molar-refractivity contribution in [3.63, 3.8) is 0 Å². The Labute approximate surface area is 180 Å². The monoisotopic (exact) mass is 428 g/mol. The molecule has 1 N–H and O–H groups in total. The van der Waals surface area contributed by atoms with Crippen LogP contribution in [0, 0.1) is 5.92 Å². The van der Waals surface area contributed by atoms with Gasteiger partial charge in [-0.25, -0.2) is 0 Å². The number of rotatable bonds is 4. The summed E-state index contributed by atoms with van der Waals surface area (Å²) in [6.45, 7) is 4.39. The van der Waals surface area contributed by atoms with Crippen LogP contribution in [0.3, 0.4) is 0 Å². The lowest BCUT2D eigenvalue weighted by atomic mass is 9.89. The molecule has 1 aliphatic carbocycles. The number of nitrogens with one attached hydrogen (secondary N) is 1. The summed E-state index contributed by atoms with van der Waals surface area (Å²) in [5.74, 6) is 1.72. The first-order chi connectivity index (χ1) is 14.7. The van der Waals surface area contributed by atoms with E-state index in [-0.39, 0.29) is 17.9 Å². The third kappa shape index (κ3) is 3.76.